The van der Waals surface area contributed by atoms with E-state index in [1.54, 1.807) is 0 Å². The molecule has 0 aromatic heterocycles. The van der Waals surface area contributed by atoms with Crippen molar-refractivity contribution in [3.8, 4) is 0 Å². The molecule has 4 heteroatoms. The Labute approximate surface area is 264 Å². The van der Waals surface area contributed by atoms with Crippen molar-refractivity contribution in [3.63, 3.8) is 0 Å². The Morgan fingerprint density at radius 1 is 0.545 bits per heavy atom. The molecular formula is C40H44BN3. The molecule has 0 unspecified atom stereocenters. The Hall–Kier alpha value is -3.66. The fourth-order valence-electron chi connectivity index (χ4n) is 9.42. The number of anilines is 7. The minimum atomic E-state index is -0.0953. The maximum Gasteiger partial charge on any atom is 0.257 e. The molecule has 5 heterocycles. The maximum absolute atomic E-state index is 2.74. The summed E-state index contributed by atoms with van der Waals surface area (Å²) >= 11 is 0. The van der Waals surface area contributed by atoms with E-state index in [9.17, 15) is 0 Å². The Morgan fingerprint density at radius 3 is 1.41 bits per heavy atom. The molecule has 0 atom stereocenters. The lowest BCUT2D eigenvalue weighted by atomic mass is 9.31. The lowest BCUT2D eigenvalue weighted by Gasteiger charge is -2.52. The highest BCUT2D eigenvalue weighted by Gasteiger charge is 2.64. The highest BCUT2D eigenvalue weighted by molar-refractivity contribution is 7.02. The average molecular weight is 578 g/mol. The lowest BCUT2D eigenvalue weighted by molar-refractivity contribution is 0.323. The lowest BCUT2D eigenvalue weighted by Crippen LogP contribution is -2.67. The standard InChI is InChI=1S/C40H44BN3/c1-36(2,3)23-18-20-24(21-19-23)42-27-14-12-16-29-31(27)41-32-28(42)15-13-17-30(32)44-35-26(38(6,7)40(44,10)11)22-25-34(33(35)41)43(29)39(8,9)37(25,4)5/h12-22H,1-11H3. The van der Waals surface area contributed by atoms with Crippen LogP contribution in [0.25, 0.3) is 0 Å². The van der Waals surface area contributed by atoms with Crippen LogP contribution in [0, 0.1) is 0 Å². The number of hydrogen-bond acceptors (Lipinski definition) is 3. The maximum atomic E-state index is 2.74. The molecular weight excluding hydrogens is 533 g/mol. The summed E-state index contributed by atoms with van der Waals surface area (Å²) in [5.41, 5.74) is 18.3. The van der Waals surface area contributed by atoms with Crippen LogP contribution < -0.4 is 31.1 Å². The van der Waals surface area contributed by atoms with Gasteiger partial charge in [-0.05, 0) is 103 Å². The van der Waals surface area contributed by atoms with Gasteiger partial charge in [-0.2, -0.15) is 0 Å². The first kappa shape index (κ1) is 26.7. The normalized spacial score (nSPS) is 21.2. The van der Waals surface area contributed by atoms with E-state index in [0.717, 1.165) is 0 Å². The van der Waals surface area contributed by atoms with Crippen molar-refractivity contribution in [3.05, 3.63) is 83.4 Å². The molecule has 0 saturated carbocycles. The van der Waals surface area contributed by atoms with Gasteiger partial charge < -0.3 is 14.7 Å². The highest BCUT2D eigenvalue weighted by atomic mass is 15.3. The summed E-state index contributed by atoms with van der Waals surface area (Å²) in [6, 6.07) is 26.1. The van der Waals surface area contributed by atoms with Crippen LogP contribution in [0.3, 0.4) is 0 Å². The molecule has 9 rings (SSSR count). The van der Waals surface area contributed by atoms with Crippen LogP contribution in [-0.2, 0) is 16.2 Å². The Balaban J connectivity index is 1.44. The van der Waals surface area contributed by atoms with E-state index in [1.165, 1.54) is 72.9 Å². The number of rotatable bonds is 1. The first-order chi connectivity index (χ1) is 20.5. The van der Waals surface area contributed by atoms with Gasteiger partial charge in [0, 0.05) is 61.7 Å². The summed E-state index contributed by atoms with van der Waals surface area (Å²) in [4.78, 5) is 8.04. The van der Waals surface area contributed by atoms with Gasteiger partial charge in [-0.3, -0.25) is 0 Å². The summed E-state index contributed by atoms with van der Waals surface area (Å²) < 4.78 is 0. The second kappa shape index (κ2) is 7.41. The summed E-state index contributed by atoms with van der Waals surface area (Å²) in [7, 11) is 0. The molecule has 0 radical (unpaired) electrons. The molecule has 44 heavy (non-hydrogen) atoms. The van der Waals surface area contributed by atoms with E-state index >= 15 is 0 Å². The molecule has 5 aliphatic rings. The van der Waals surface area contributed by atoms with Crippen LogP contribution in [0.2, 0.25) is 0 Å². The third-order valence-electron chi connectivity index (χ3n) is 13.2. The van der Waals surface area contributed by atoms with Gasteiger partial charge in [0.25, 0.3) is 6.71 Å². The van der Waals surface area contributed by atoms with Crippen LogP contribution in [0.15, 0.2) is 66.7 Å². The van der Waals surface area contributed by atoms with Crippen LogP contribution in [0.1, 0.15) is 92.9 Å². The zero-order chi connectivity index (χ0) is 31.1. The molecule has 4 aromatic rings. The quantitative estimate of drug-likeness (QED) is 0.186. The van der Waals surface area contributed by atoms with Crippen LogP contribution in [-0.4, -0.2) is 17.8 Å². The molecule has 0 bridgehead atoms. The molecule has 5 aliphatic heterocycles. The fraction of sp³-hybridized carbons (Fsp3) is 0.400. The van der Waals surface area contributed by atoms with Crippen LogP contribution in [0.5, 0.6) is 0 Å². The number of fused-ring (bicyclic) bond motifs is 2. The van der Waals surface area contributed by atoms with Crippen LogP contribution in [0.4, 0.5) is 39.8 Å². The van der Waals surface area contributed by atoms with Crippen molar-refractivity contribution >= 4 is 62.9 Å². The molecule has 0 fully saturated rings. The third-order valence-corrected chi connectivity index (χ3v) is 13.2. The summed E-state index contributed by atoms with van der Waals surface area (Å²) in [5, 5.41) is 0. The van der Waals surface area contributed by atoms with Crippen molar-refractivity contribution in [2.75, 3.05) is 14.7 Å². The zero-order valence-electron chi connectivity index (χ0n) is 28.3. The Bertz CT molecular complexity index is 1860. The zero-order valence-corrected chi connectivity index (χ0v) is 28.3. The van der Waals surface area contributed by atoms with Crippen molar-refractivity contribution in [1.29, 1.82) is 0 Å². The van der Waals surface area contributed by atoms with E-state index in [1.807, 2.05) is 0 Å². The van der Waals surface area contributed by atoms with E-state index < -0.39 is 0 Å². The second-order valence-corrected chi connectivity index (χ2v) is 17.1. The van der Waals surface area contributed by atoms with Gasteiger partial charge in [-0.1, -0.05) is 78.8 Å². The topological polar surface area (TPSA) is 9.72 Å². The number of nitrogens with zero attached hydrogens (tertiary/aromatic N) is 3. The van der Waals surface area contributed by atoms with Gasteiger partial charge >= 0.3 is 0 Å². The van der Waals surface area contributed by atoms with Gasteiger partial charge in [0.15, 0.2) is 0 Å². The molecule has 222 valence electrons. The SMILES string of the molecule is CC(C)(C)c1ccc(N2c3cccc4c3B3c5c2cccc5N2c5c(cc6c(c53)N4C(C)(C)C6(C)C)C(C)(C)C2(C)C)cc1. The Morgan fingerprint density at radius 2 is 0.977 bits per heavy atom. The third kappa shape index (κ3) is 2.64. The van der Waals surface area contributed by atoms with Crippen molar-refractivity contribution in [1.82, 2.24) is 0 Å². The molecule has 0 spiro atoms. The summed E-state index contributed by atoms with van der Waals surface area (Å²) in [6.07, 6.45) is 0. The van der Waals surface area contributed by atoms with Gasteiger partial charge in [-0.15, -0.1) is 0 Å². The second-order valence-electron chi connectivity index (χ2n) is 17.1. The smallest absolute Gasteiger partial charge is 0.257 e. The average Bonchev–Trinajstić information content (AvgIpc) is 3.22. The fourth-order valence-corrected chi connectivity index (χ4v) is 9.42. The Kier molecular flexibility index (Phi) is 4.50. The monoisotopic (exact) mass is 577 g/mol. The molecule has 0 N–H and O–H groups in total. The van der Waals surface area contributed by atoms with E-state index in [4.69, 9.17) is 0 Å². The first-order valence-electron chi connectivity index (χ1n) is 16.5. The predicted molar refractivity (Wildman–Crippen MR) is 189 cm³/mol. The number of benzene rings is 4. The largest absolute Gasteiger partial charge is 0.335 e. The predicted octanol–water partition coefficient (Wildman–Crippen LogP) is 8.33. The summed E-state index contributed by atoms with van der Waals surface area (Å²) in [6.45, 7) is 26.9. The molecule has 4 aromatic carbocycles. The van der Waals surface area contributed by atoms with Gasteiger partial charge in [0.1, 0.15) is 0 Å². The molecule has 0 aliphatic carbocycles. The molecule has 0 amide bonds. The van der Waals surface area contributed by atoms with Gasteiger partial charge in [-0.25, -0.2) is 0 Å². The minimum Gasteiger partial charge on any atom is -0.335 e. The minimum absolute atomic E-state index is 0.0278. The van der Waals surface area contributed by atoms with Crippen molar-refractivity contribution in [2.45, 2.75) is 103 Å². The highest BCUT2D eigenvalue weighted by Crippen LogP contribution is 2.63. The molecule has 3 nitrogen and oxygen atoms in total. The summed E-state index contributed by atoms with van der Waals surface area (Å²) in [5.74, 6) is 0. The van der Waals surface area contributed by atoms with E-state index in [2.05, 4.69) is 158 Å². The molecule has 0 saturated heterocycles. The van der Waals surface area contributed by atoms with Gasteiger partial charge in [0.05, 0.1) is 0 Å². The van der Waals surface area contributed by atoms with Crippen LogP contribution >= 0.6 is 0 Å². The first-order valence-corrected chi connectivity index (χ1v) is 16.5. The van der Waals surface area contributed by atoms with Crippen molar-refractivity contribution in [2.24, 2.45) is 0 Å². The van der Waals surface area contributed by atoms with Crippen molar-refractivity contribution < 1.29 is 0 Å². The number of hydrogen-bond donors (Lipinski definition) is 0. The van der Waals surface area contributed by atoms with E-state index in [-0.39, 0.29) is 34.0 Å². The van der Waals surface area contributed by atoms with E-state index in [0.29, 0.717) is 0 Å². The van der Waals surface area contributed by atoms with Gasteiger partial charge in [0.2, 0.25) is 0 Å².